The van der Waals surface area contributed by atoms with Gasteiger partial charge in [0.15, 0.2) is 0 Å². The molecule has 1 N–H and O–H groups in total. The predicted octanol–water partition coefficient (Wildman–Crippen LogP) is 1.76. The second kappa shape index (κ2) is 5.88. The van der Waals surface area contributed by atoms with Crippen LogP contribution in [0.5, 0.6) is 0 Å². The van der Waals surface area contributed by atoms with Gasteiger partial charge in [-0.1, -0.05) is 11.6 Å². The molecule has 0 bridgehead atoms. The Morgan fingerprint density at radius 3 is 2.94 bits per heavy atom. The molecule has 0 aliphatic carbocycles. The first kappa shape index (κ1) is 12.9. The number of hydrogen-bond acceptors (Lipinski definition) is 6. The first-order chi connectivity index (χ1) is 8.43. The van der Waals surface area contributed by atoms with Gasteiger partial charge < -0.3 is 9.84 Å². The van der Waals surface area contributed by atoms with Crippen LogP contribution in [0.1, 0.15) is 31.2 Å². The van der Waals surface area contributed by atoms with E-state index in [0.29, 0.717) is 17.4 Å². The van der Waals surface area contributed by atoms with Crippen molar-refractivity contribution < 1.29 is 4.52 Å². The van der Waals surface area contributed by atoms with E-state index in [-0.39, 0.29) is 18.4 Å². The highest BCUT2D eigenvalue weighted by atomic mass is 35.5. The molecule has 0 spiro atoms. The predicted molar refractivity (Wildman–Crippen MR) is 67.2 cm³/mol. The van der Waals surface area contributed by atoms with Crippen LogP contribution in [-0.4, -0.2) is 26.7 Å². The van der Waals surface area contributed by atoms with E-state index in [4.69, 9.17) is 4.52 Å². The zero-order valence-corrected chi connectivity index (χ0v) is 10.6. The van der Waals surface area contributed by atoms with Gasteiger partial charge >= 0.3 is 0 Å². The molecule has 0 radical (unpaired) electrons. The summed E-state index contributed by atoms with van der Waals surface area (Å²) in [6.07, 6.45) is 8.31. The standard InChI is InChI=1S/C11H13N5O.ClH/c1-2-4-13-8(3-1)11-15-10(16-17-11)9-7-12-5-6-14-9;/h5-8,13H,1-4H2;1H/t8-;/m1./s1. The molecule has 0 amide bonds. The average molecular weight is 268 g/mol. The van der Waals surface area contributed by atoms with E-state index < -0.39 is 0 Å². The normalized spacial score (nSPS) is 19.2. The van der Waals surface area contributed by atoms with E-state index in [1.807, 2.05) is 0 Å². The molecule has 7 heteroatoms. The number of nitrogens with one attached hydrogen (secondary N) is 1. The second-order valence-corrected chi connectivity index (χ2v) is 4.05. The molecule has 1 saturated heterocycles. The fourth-order valence-corrected chi connectivity index (χ4v) is 1.96. The Morgan fingerprint density at radius 1 is 1.28 bits per heavy atom. The lowest BCUT2D eigenvalue weighted by atomic mass is 10.1. The maximum absolute atomic E-state index is 5.27. The Kier molecular flexibility index (Phi) is 4.22. The molecule has 1 fully saturated rings. The molecule has 3 heterocycles. The van der Waals surface area contributed by atoms with E-state index in [1.165, 1.54) is 12.8 Å². The Morgan fingerprint density at radius 2 is 2.22 bits per heavy atom. The molecular formula is C11H14ClN5O. The van der Waals surface area contributed by atoms with Crippen molar-refractivity contribution in [2.75, 3.05) is 6.54 Å². The van der Waals surface area contributed by atoms with E-state index in [2.05, 4.69) is 25.4 Å². The number of nitrogens with zero attached hydrogens (tertiary/aromatic N) is 4. The third-order valence-corrected chi connectivity index (χ3v) is 2.84. The highest BCUT2D eigenvalue weighted by Gasteiger charge is 2.21. The maximum Gasteiger partial charge on any atom is 0.244 e. The molecule has 0 saturated carbocycles. The van der Waals surface area contributed by atoms with Crippen molar-refractivity contribution in [1.82, 2.24) is 25.4 Å². The summed E-state index contributed by atoms with van der Waals surface area (Å²) in [5.74, 6) is 1.14. The Hall–Kier alpha value is -1.53. The van der Waals surface area contributed by atoms with E-state index in [0.717, 1.165) is 13.0 Å². The summed E-state index contributed by atoms with van der Waals surface area (Å²) < 4.78 is 5.27. The van der Waals surface area contributed by atoms with Crippen LogP contribution >= 0.6 is 12.4 Å². The largest absolute Gasteiger partial charge is 0.337 e. The summed E-state index contributed by atoms with van der Waals surface area (Å²) in [6, 6.07) is 0.182. The average Bonchev–Trinajstić information content (AvgIpc) is 2.90. The van der Waals surface area contributed by atoms with Crippen molar-refractivity contribution in [2.24, 2.45) is 0 Å². The lowest BCUT2D eigenvalue weighted by molar-refractivity contribution is 0.297. The minimum Gasteiger partial charge on any atom is -0.337 e. The minimum absolute atomic E-state index is 0. The van der Waals surface area contributed by atoms with Crippen LogP contribution < -0.4 is 5.32 Å². The monoisotopic (exact) mass is 267 g/mol. The van der Waals surface area contributed by atoms with E-state index in [1.54, 1.807) is 18.6 Å². The first-order valence-electron chi connectivity index (χ1n) is 5.77. The smallest absolute Gasteiger partial charge is 0.244 e. The number of rotatable bonds is 2. The molecule has 1 aliphatic heterocycles. The van der Waals surface area contributed by atoms with E-state index >= 15 is 0 Å². The van der Waals surface area contributed by atoms with Gasteiger partial charge in [-0.2, -0.15) is 4.98 Å². The fourth-order valence-electron chi connectivity index (χ4n) is 1.96. The zero-order chi connectivity index (χ0) is 11.5. The maximum atomic E-state index is 5.27. The summed E-state index contributed by atoms with van der Waals surface area (Å²) in [4.78, 5) is 12.5. The topological polar surface area (TPSA) is 76.7 Å². The number of aromatic nitrogens is 4. The lowest BCUT2D eigenvalue weighted by Gasteiger charge is -2.19. The van der Waals surface area contributed by atoms with E-state index in [9.17, 15) is 0 Å². The summed E-state index contributed by atoms with van der Waals surface area (Å²) in [5, 5.41) is 7.30. The molecule has 3 rings (SSSR count). The van der Waals surface area contributed by atoms with Crippen molar-refractivity contribution >= 4 is 12.4 Å². The van der Waals surface area contributed by atoms with Crippen molar-refractivity contribution in [3.63, 3.8) is 0 Å². The second-order valence-electron chi connectivity index (χ2n) is 4.05. The SMILES string of the molecule is Cl.c1cnc(-c2noc([C@H]3CCCCN3)n2)cn1. The molecule has 2 aromatic rings. The fraction of sp³-hybridized carbons (Fsp3) is 0.455. The Labute approximate surface area is 111 Å². The minimum atomic E-state index is 0. The molecule has 1 atom stereocenters. The van der Waals surface area contributed by atoms with Gasteiger partial charge in [0, 0.05) is 12.4 Å². The Bertz CT molecular complexity index is 483. The molecular weight excluding hydrogens is 254 g/mol. The van der Waals surface area contributed by atoms with Gasteiger partial charge in [0.1, 0.15) is 5.69 Å². The molecule has 6 nitrogen and oxygen atoms in total. The van der Waals surface area contributed by atoms with Gasteiger partial charge in [-0.25, -0.2) is 4.98 Å². The summed E-state index contributed by atoms with van der Waals surface area (Å²) >= 11 is 0. The highest BCUT2D eigenvalue weighted by Crippen LogP contribution is 2.23. The van der Waals surface area contributed by atoms with Gasteiger partial charge in [-0.05, 0) is 19.4 Å². The first-order valence-corrected chi connectivity index (χ1v) is 5.77. The van der Waals surface area contributed by atoms with Crippen LogP contribution in [0.4, 0.5) is 0 Å². The molecule has 1 aliphatic rings. The van der Waals surface area contributed by atoms with Crippen LogP contribution in [0.15, 0.2) is 23.1 Å². The number of hydrogen-bond donors (Lipinski definition) is 1. The molecule has 2 aromatic heterocycles. The Balaban J connectivity index is 0.00000120. The zero-order valence-electron chi connectivity index (χ0n) is 9.74. The van der Waals surface area contributed by atoms with Crippen LogP contribution in [0, 0.1) is 0 Å². The summed E-state index contributed by atoms with van der Waals surface area (Å²) in [7, 11) is 0. The van der Waals surface area contributed by atoms with Gasteiger partial charge in [0.2, 0.25) is 11.7 Å². The van der Waals surface area contributed by atoms with Gasteiger partial charge in [0.05, 0.1) is 12.2 Å². The van der Waals surface area contributed by atoms with Gasteiger partial charge in [-0.3, -0.25) is 4.98 Å². The van der Waals surface area contributed by atoms with Crippen molar-refractivity contribution in [2.45, 2.75) is 25.3 Å². The molecule has 18 heavy (non-hydrogen) atoms. The summed E-state index contributed by atoms with van der Waals surface area (Å²) in [5.41, 5.74) is 0.637. The highest BCUT2D eigenvalue weighted by molar-refractivity contribution is 5.85. The molecule has 96 valence electrons. The third kappa shape index (κ3) is 2.65. The molecule has 0 aromatic carbocycles. The third-order valence-electron chi connectivity index (χ3n) is 2.84. The van der Waals surface area contributed by atoms with Gasteiger partial charge in [-0.15, -0.1) is 12.4 Å². The van der Waals surface area contributed by atoms with Crippen LogP contribution in [0.25, 0.3) is 11.5 Å². The summed E-state index contributed by atoms with van der Waals surface area (Å²) in [6.45, 7) is 1.01. The van der Waals surface area contributed by atoms with Crippen molar-refractivity contribution in [3.05, 3.63) is 24.5 Å². The van der Waals surface area contributed by atoms with Crippen molar-refractivity contribution in [1.29, 1.82) is 0 Å². The van der Waals surface area contributed by atoms with Crippen LogP contribution in [0.2, 0.25) is 0 Å². The number of halogens is 1. The van der Waals surface area contributed by atoms with Crippen molar-refractivity contribution in [3.8, 4) is 11.5 Å². The van der Waals surface area contributed by atoms with Gasteiger partial charge in [0.25, 0.3) is 0 Å². The lowest BCUT2D eigenvalue weighted by Crippen LogP contribution is -2.26. The number of piperidine rings is 1. The van der Waals surface area contributed by atoms with Crippen LogP contribution in [-0.2, 0) is 0 Å². The molecule has 0 unspecified atom stereocenters. The van der Waals surface area contributed by atoms with Crippen LogP contribution in [0.3, 0.4) is 0 Å². The quantitative estimate of drug-likeness (QED) is 0.893.